The van der Waals surface area contributed by atoms with Gasteiger partial charge in [-0.15, -0.1) is 0 Å². The van der Waals surface area contributed by atoms with Gasteiger partial charge in [0.15, 0.2) is 0 Å². The van der Waals surface area contributed by atoms with E-state index in [4.69, 9.17) is 11.6 Å². The fraction of sp³-hybridized carbons (Fsp3) is 0.684. The van der Waals surface area contributed by atoms with Crippen LogP contribution in [0.3, 0.4) is 0 Å². The molecule has 0 aromatic heterocycles. The highest BCUT2D eigenvalue weighted by molar-refractivity contribution is 6.31. The minimum atomic E-state index is 0.664. The summed E-state index contributed by atoms with van der Waals surface area (Å²) in [5.41, 5.74) is 1.35. The standard InChI is InChI=1S/C19H28ClN/c1-14(15-8-4-2-3-5-9-15)21-17-12-16(13-17)18-10-6-7-11-19(18)20/h6-7,10-11,14-17,21H,2-5,8-9,12-13H2,1H3/t14-,16?,17?/m1/s1. The van der Waals surface area contributed by atoms with E-state index in [1.54, 1.807) is 0 Å². The predicted octanol–water partition coefficient (Wildman–Crippen LogP) is 5.53. The van der Waals surface area contributed by atoms with Crippen LogP contribution in [0.5, 0.6) is 0 Å². The lowest BCUT2D eigenvalue weighted by atomic mass is 9.75. The van der Waals surface area contributed by atoms with Gasteiger partial charge < -0.3 is 5.32 Å². The van der Waals surface area contributed by atoms with Crippen LogP contribution < -0.4 is 5.32 Å². The quantitative estimate of drug-likeness (QED) is 0.721. The molecule has 0 amide bonds. The Hall–Kier alpha value is -0.530. The van der Waals surface area contributed by atoms with Crippen LogP contribution in [0.2, 0.25) is 5.02 Å². The number of benzene rings is 1. The van der Waals surface area contributed by atoms with Crippen LogP contribution in [0.4, 0.5) is 0 Å². The molecule has 21 heavy (non-hydrogen) atoms. The molecule has 0 spiro atoms. The molecule has 2 saturated carbocycles. The zero-order chi connectivity index (χ0) is 14.7. The Kier molecular flexibility index (Phi) is 5.24. The van der Waals surface area contributed by atoms with Gasteiger partial charge in [0.25, 0.3) is 0 Å². The van der Waals surface area contributed by atoms with Crippen molar-refractivity contribution in [2.75, 3.05) is 0 Å². The topological polar surface area (TPSA) is 12.0 Å². The first kappa shape index (κ1) is 15.4. The molecule has 116 valence electrons. The van der Waals surface area contributed by atoms with Crippen molar-refractivity contribution in [3.05, 3.63) is 34.9 Å². The number of hydrogen-bond acceptors (Lipinski definition) is 1. The van der Waals surface area contributed by atoms with Crippen molar-refractivity contribution in [1.29, 1.82) is 0 Å². The summed E-state index contributed by atoms with van der Waals surface area (Å²) in [6.07, 6.45) is 11.1. The van der Waals surface area contributed by atoms with Crippen molar-refractivity contribution >= 4 is 11.6 Å². The minimum absolute atomic E-state index is 0.664. The first-order valence-corrected chi connectivity index (χ1v) is 9.12. The van der Waals surface area contributed by atoms with Crippen LogP contribution in [0.1, 0.15) is 69.8 Å². The van der Waals surface area contributed by atoms with Crippen molar-refractivity contribution < 1.29 is 0 Å². The van der Waals surface area contributed by atoms with Crippen LogP contribution in [0.15, 0.2) is 24.3 Å². The summed E-state index contributed by atoms with van der Waals surface area (Å²) in [7, 11) is 0. The fourth-order valence-electron chi connectivity index (χ4n) is 4.13. The van der Waals surface area contributed by atoms with Gasteiger partial charge in [-0.2, -0.15) is 0 Å². The first-order chi connectivity index (χ1) is 10.2. The zero-order valence-corrected chi connectivity index (χ0v) is 13.9. The smallest absolute Gasteiger partial charge is 0.0440 e. The number of nitrogens with one attached hydrogen (secondary N) is 1. The summed E-state index contributed by atoms with van der Waals surface area (Å²) >= 11 is 6.30. The van der Waals surface area contributed by atoms with E-state index in [0.717, 1.165) is 10.9 Å². The summed E-state index contributed by atoms with van der Waals surface area (Å²) in [6, 6.07) is 9.72. The summed E-state index contributed by atoms with van der Waals surface area (Å²) in [5, 5.41) is 4.83. The molecule has 0 aliphatic heterocycles. The number of rotatable bonds is 4. The molecule has 2 aliphatic rings. The van der Waals surface area contributed by atoms with Gasteiger partial charge >= 0.3 is 0 Å². The molecule has 1 atom stereocenters. The van der Waals surface area contributed by atoms with E-state index >= 15 is 0 Å². The second kappa shape index (κ2) is 7.15. The molecule has 1 aromatic carbocycles. The summed E-state index contributed by atoms with van der Waals surface area (Å²) in [6.45, 7) is 2.40. The zero-order valence-electron chi connectivity index (χ0n) is 13.2. The molecule has 1 N–H and O–H groups in total. The van der Waals surface area contributed by atoms with Crippen LogP contribution in [0.25, 0.3) is 0 Å². The Labute approximate surface area is 134 Å². The Morgan fingerprint density at radius 1 is 1.05 bits per heavy atom. The molecular formula is C19H28ClN. The largest absolute Gasteiger partial charge is 0.311 e. The Bertz CT molecular complexity index is 445. The molecule has 0 saturated heterocycles. The van der Waals surface area contributed by atoms with Gasteiger partial charge in [0, 0.05) is 17.1 Å². The van der Waals surface area contributed by atoms with Gasteiger partial charge in [0.05, 0.1) is 0 Å². The number of hydrogen-bond donors (Lipinski definition) is 1. The average molecular weight is 306 g/mol. The van der Waals surface area contributed by atoms with Crippen molar-refractivity contribution in [2.24, 2.45) is 5.92 Å². The Morgan fingerprint density at radius 3 is 2.38 bits per heavy atom. The molecule has 2 heteroatoms. The van der Waals surface area contributed by atoms with Gasteiger partial charge in [0.1, 0.15) is 0 Å². The molecule has 2 fully saturated rings. The highest BCUT2D eigenvalue weighted by atomic mass is 35.5. The first-order valence-electron chi connectivity index (χ1n) is 8.74. The molecular weight excluding hydrogens is 278 g/mol. The van der Waals surface area contributed by atoms with Crippen molar-refractivity contribution in [2.45, 2.75) is 76.3 Å². The lowest BCUT2D eigenvalue weighted by Crippen LogP contribution is -2.47. The van der Waals surface area contributed by atoms with Crippen molar-refractivity contribution in [3.8, 4) is 0 Å². The summed E-state index contributed by atoms with van der Waals surface area (Å²) < 4.78 is 0. The molecule has 1 nitrogen and oxygen atoms in total. The van der Waals surface area contributed by atoms with E-state index in [9.17, 15) is 0 Å². The van der Waals surface area contributed by atoms with E-state index in [1.165, 1.54) is 56.9 Å². The lowest BCUT2D eigenvalue weighted by Gasteiger charge is -2.40. The molecule has 0 bridgehead atoms. The van der Waals surface area contributed by atoms with Gasteiger partial charge in [-0.25, -0.2) is 0 Å². The molecule has 0 radical (unpaired) electrons. The fourth-order valence-corrected chi connectivity index (χ4v) is 4.42. The van der Waals surface area contributed by atoms with Crippen LogP contribution in [-0.4, -0.2) is 12.1 Å². The van der Waals surface area contributed by atoms with Crippen molar-refractivity contribution in [1.82, 2.24) is 5.32 Å². The predicted molar refractivity (Wildman–Crippen MR) is 91.0 cm³/mol. The van der Waals surface area contributed by atoms with Crippen LogP contribution in [-0.2, 0) is 0 Å². The van der Waals surface area contributed by atoms with Gasteiger partial charge in [0.2, 0.25) is 0 Å². The highest BCUT2D eigenvalue weighted by Crippen LogP contribution is 2.40. The molecule has 3 rings (SSSR count). The molecule has 0 heterocycles. The van der Waals surface area contributed by atoms with Gasteiger partial charge in [-0.1, -0.05) is 55.5 Å². The molecule has 0 unspecified atom stereocenters. The normalized spacial score (nSPS) is 28.7. The third kappa shape index (κ3) is 3.81. The lowest BCUT2D eigenvalue weighted by molar-refractivity contribution is 0.228. The maximum Gasteiger partial charge on any atom is 0.0440 e. The van der Waals surface area contributed by atoms with E-state index in [0.29, 0.717) is 18.0 Å². The van der Waals surface area contributed by atoms with Gasteiger partial charge in [-0.3, -0.25) is 0 Å². The summed E-state index contributed by atoms with van der Waals surface area (Å²) in [4.78, 5) is 0. The van der Waals surface area contributed by atoms with E-state index < -0.39 is 0 Å². The average Bonchev–Trinajstić information content (AvgIpc) is 2.72. The second-order valence-electron chi connectivity index (χ2n) is 7.09. The molecule has 2 aliphatic carbocycles. The monoisotopic (exact) mass is 305 g/mol. The minimum Gasteiger partial charge on any atom is -0.311 e. The third-order valence-electron chi connectivity index (χ3n) is 5.59. The van der Waals surface area contributed by atoms with Gasteiger partial charge in [-0.05, 0) is 56.1 Å². The van der Waals surface area contributed by atoms with Crippen molar-refractivity contribution in [3.63, 3.8) is 0 Å². The SMILES string of the molecule is C[C@@H](NC1CC(c2ccccc2Cl)C1)C1CCCCCC1. The maximum absolute atomic E-state index is 6.30. The summed E-state index contributed by atoms with van der Waals surface area (Å²) in [5.74, 6) is 1.56. The van der Waals surface area contributed by atoms with Crippen LogP contribution in [0, 0.1) is 5.92 Å². The van der Waals surface area contributed by atoms with E-state index in [-0.39, 0.29) is 0 Å². The Morgan fingerprint density at radius 2 is 1.71 bits per heavy atom. The highest BCUT2D eigenvalue weighted by Gasteiger charge is 2.33. The second-order valence-corrected chi connectivity index (χ2v) is 7.50. The van der Waals surface area contributed by atoms with E-state index in [2.05, 4.69) is 24.4 Å². The van der Waals surface area contributed by atoms with E-state index in [1.807, 2.05) is 12.1 Å². The van der Waals surface area contributed by atoms with Crippen LogP contribution >= 0.6 is 11.6 Å². The number of halogens is 1. The third-order valence-corrected chi connectivity index (χ3v) is 5.93. The maximum atomic E-state index is 6.30. The Balaban J connectivity index is 1.47. The molecule has 1 aromatic rings.